The first kappa shape index (κ1) is 19.7. The number of rotatable bonds is 5. The number of halogens is 2. The highest BCUT2D eigenvalue weighted by Gasteiger charge is 2.33. The Kier molecular flexibility index (Phi) is 5.46. The largest absolute Gasteiger partial charge is 0.491 e. The third-order valence-corrected chi connectivity index (χ3v) is 5.59. The van der Waals surface area contributed by atoms with Gasteiger partial charge in [-0.25, -0.2) is 0 Å². The second-order valence-corrected chi connectivity index (χ2v) is 7.42. The molecule has 2 unspecified atom stereocenters. The molecule has 1 saturated heterocycles. The number of aliphatic hydroxyl groups excluding tert-OH is 1. The molecule has 3 atom stereocenters. The molecule has 0 bridgehead atoms. The maximum absolute atomic E-state index is 12.7. The number of aromatic nitrogens is 2. The van der Waals surface area contributed by atoms with Crippen LogP contribution in [0.3, 0.4) is 0 Å². The van der Waals surface area contributed by atoms with Gasteiger partial charge in [-0.05, 0) is 32.5 Å². The highest BCUT2D eigenvalue weighted by Crippen LogP contribution is 2.36. The van der Waals surface area contributed by atoms with Gasteiger partial charge in [0.25, 0.3) is 5.89 Å². The second kappa shape index (κ2) is 8.03. The van der Waals surface area contributed by atoms with Crippen LogP contribution in [0.4, 0.5) is 8.78 Å². The molecule has 0 saturated carbocycles. The molecule has 156 valence electrons. The standard InChI is InChI=1S/C19H22F2N4O4/c1-25-5-4-11(6-12(25)8-26)18(27)22-14-9-28-15-7-10(2-3-13(14)15)17-23-19(16(20)21)29-24-17/h2-3,7,11-12,14,16,26H,4-6,8-9H2,1H3,(H,22,27)/t11?,12?,14-/m1/s1. The fraction of sp³-hybridized carbons (Fsp3) is 0.526. The van der Waals surface area contributed by atoms with Crippen LogP contribution in [0.1, 0.15) is 36.8 Å². The second-order valence-electron chi connectivity index (χ2n) is 7.42. The van der Waals surface area contributed by atoms with Gasteiger partial charge in [0.05, 0.1) is 12.6 Å². The van der Waals surface area contributed by atoms with Gasteiger partial charge in [-0.2, -0.15) is 13.8 Å². The van der Waals surface area contributed by atoms with E-state index in [1.165, 1.54) is 0 Å². The molecule has 2 aliphatic rings. The number of hydrogen-bond acceptors (Lipinski definition) is 7. The molecule has 3 heterocycles. The first-order valence-corrected chi connectivity index (χ1v) is 9.46. The number of carbonyl (C=O) groups is 1. The number of likely N-dealkylation sites (tertiary alicyclic amines) is 1. The van der Waals surface area contributed by atoms with E-state index in [4.69, 9.17) is 4.74 Å². The lowest BCUT2D eigenvalue weighted by molar-refractivity contribution is -0.128. The van der Waals surface area contributed by atoms with E-state index in [0.717, 1.165) is 18.5 Å². The lowest BCUT2D eigenvalue weighted by Crippen LogP contribution is -2.46. The van der Waals surface area contributed by atoms with Crippen molar-refractivity contribution >= 4 is 5.91 Å². The van der Waals surface area contributed by atoms with Crippen LogP contribution in [0, 0.1) is 5.92 Å². The summed E-state index contributed by atoms with van der Waals surface area (Å²) in [5, 5.41) is 16.1. The molecule has 1 aromatic heterocycles. The maximum Gasteiger partial charge on any atom is 0.315 e. The molecule has 0 aliphatic carbocycles. The van der Waals surface area contributed by atoms with Gasteiger partial charge in [0.1, 0.15) is 12.4 Å². The van der Waals surface area contributed by atoms with Gasteiger partial charge in [-0.1, -0.05) is 17.3 Å². The fourth-order valence-electron chi connectivity index (χ4n) is 3.82. The Hall–Kier alpha value is -2.59. The summed E-state index contributed by atoms with van der Waals surface area (Å²) in [6, 6.07) is 4.80. The maximum atomic E-state index is 12.7. The number of nitrogens with zero attached hydrogens (tertiary/aromatic N) is 3. The molecule has 10 heteroatoms. The summed E-state index contributed by atoms with van der Waals surface area (Å²) in [6.07, 6.45) is -1.48. The van der Waals surface area contributed by atoms with Gasteiger partial charge in [0.15, 0.2) is 0 Å². The van der Waals surface area contributed by atoms with E-state index in [1.54, 1.807) is 18.2 Å². The molecule has 1 amide bonds. The van der Waals surface area contributed by atoms with E-state index in [0.29, 0.717) is 17.7 Å². The summed E-state index contributed by atoms with van der Waals surface area (Å²) < 4.78 is 35.5. The van der Waals surface area contributed by atoms with E-state index in [1.807, 2.05) is 7.05 Å². The first-order chi connectivity index (χ1) is 14.0. The number of hydrogen-bond donors (Lipinski definition) is 2. The van der Waals surface area contributed by atoms with Crippen LogP contribution in [-0.4, -0.2) is 58.9 Å². The zero-order valence-corrected chi connectivity index (χ0v) is 15.8. The molecule has 2 N–H and O–H groups in total. The van der Waals surface area contributed by atoms with Crippen LogP contribution in [0.25, 0.3) is 11.4 Å². The van der Waals surface area contributed by atoms with Gasteiger partial charge in [0.2, 0.25) is 11.7 Å². The number of amides is 1. The van der Waals surface area contributed by atoms with Crippen LogP contribution >= 0.6 is 0 Å². The van der Waals surface area contributed by atoms with E-state index >= 15 is 0 Å². The number of nitrogens with one attached hydrogen (secondary N) is 1. The van der Waals surface area contributed by atoms with Crippen LogP contribution < -0.4 is 10.1 Å². The van der Waals surface area contributed by atoms with Gasteiger partial charge < -0.3 is 24.6 Å². The zero-order chi connectivity index (χ0) is 20.5. The number of ether oxygens (including phenoxy) is 1. The molecule has 0 spiro atoms. The van der Waals surface area contributed by atoms with E-state index in [2.05, 4.69) is 24.9 Å². The van der Waals surface area contributed by atoms with E-state index < -0.39 is 12.3 Å². The molecule has 2 aliphatic heterocycles. The molecule has 8 nitrogen and oxygen atoms in total. The number of likely N-dealkylation sites (N-methyl/N-ethyl adjacent to an activating group) is 1. The summed E-state index contributed by atoms with van der Waals surface area (Å²) in [7, 11) is 1.95. The average molecular weight is 408 g/mol. The predicted octanol–water partition coefficient (Wildman–Crippen LogP) is 1.93. The molecule has 29 heavy (non-hydrogen) atoms. The topological polar surface area (TPSA) is 101 Å². The van der Waals surface area contributed by atoms with Crippen molar-refractivity contribution in [1.29, 1.82) is 0 Å². The summed E-state index contributed by atoms with van der Waals surface area (Å²) >= 11 is 0. The van der Waals surface area contributed by atoms with Crippen molar-refractivity contribution in [1.82, 2.24) is 20.4 Å². The molecule has 1 aromatic carbocycles. The smallest absolute Gasteiger partial charge is 0.315 e. The van der Waals surface area contributed by atoms with Crippen molar-refractivity contribution in [2.24, 2.45) is 5.92 Å². The van der Waals surface area contributed by atoms with Crippen molar-refractivity contribution < 1.29 is 27.9 Å². The summed E-state index contributed by atoms with van der Waals surface area (Å²) in [5.74, 6) is -0.333. The van der Waals surface area contributed by atoms with E-state index in [-0.39, 0.29) is 42.9 Å². The minimum Gasteiger partial charge on any atom is -0.491 e. The Morgan fingerprint density at radius 1 is 1.45 bits per heavy atom. The number of piperidine rings is 1. The van der Waals surface area contributed by atoms with Crippen LogP contribution in [0.15, 0.2) is 22.7 Å². The van der Waals surface area contributed by atoms with Crippen LogP contribution in [-0.2, 0) is 4.79 Å². The van der Waals surface area contributed by atoms with Crippen molar-refractivity contribution in [2.45, 2.75) is 31.4 Å². The van der Waals surface area contributed by atoms with Crippen molar-refractivity contribution in [3.8, 4) is 17.1 Å². The van der Waals surface area contributed by atoms with Gasteiger partial charge in [-0.15, -0.1) is 0 Å². The highest BCUT2D eigenvalue weighted by atomic mass is 19.3. The Bertz CT molecular complexity index is 891. The Balaban J connectivity index is 1.44. The number of carbonyl (C=O) groups excluding carboxylic acids is 1. The average Bonchev–Trinajstić information content (AvgIpc) is 3.35. The Morgan fingerprint density at radius 3 is 3.00 bits per heavy atom. The van der Waals surface area contributed by atoms with E-state index in [9.17, 15) is 18.7 Å². The fourth-order valence-corrected chi connectivity index (χ4v) is 3.82. The molecule has 1 fully saturated rings. The number of alkyl halides is 2. The molecule has 2 aromatic rings. The monoisotopic (exact) mass is 408 g/mol. The lowest BCUT2D eigenvalue weighted by atomic mass is 9.90. The molecular formula is C19H22F2N4O4. The normalized spacial score (nSPS) is 24.4. The van der Waals surface area contributed by atoms with Crippen LogP contribution in [0.5, 0.6) is 5.75 Å². The quantitative estimate of drug-likeness (QED) is 0.780. The minimum absolute atomic E-state index is 0.0118. The minimum atomic E-state index is -2.83. The number of aliphatic hydroxyl groups is 1. The summed E-state index contributed by atoms with van der Waals surface area (Å²) in [6.45, 7) is 1.08. The van der Waals surface area contributed by atoms with Gasteiger partial charge >= 0.3 is 6.43 Å². The summed E-state index contributed by atoms with van der Waals surface area (Å²) in [5.41, 5.74) is 1.30. The first-order valence-electron chi connectivity index (χ1n) is 9.46. The summed E-state index contributed by atoms with van der Waals surface area (Å²) in [4.78, 5) is 18.5. The Morgan fingerprint density at radius 2 is 2.28 bits per heavy atom. The lowest BCUT2D eigenvalue weighted by Gasteiger charge is -2.35. The van der Waals surface area contributed by atoms with Gasteiger partial charge in [-0.3, -0.25) is 4.79 Å². The number of benzene rings is 1. The van der Waals surface area contributed by atoms with Crippen molar-refractivity contribution in [2.75, 3.05) is 26.8 Å². The number of fused-ring (bicyclic) bond motifs is 1. The van der Waals surface area contributed by atoms with Crippen molar-refractivity contribution in [3.63, 3.8) is 0 Å². The van der Waals surface area contributed by atoms with Gasteiger partial charge in [0, 0.05) is 23.1 Å². The predicted molar refractivity (Wildman–Crippen MR) is 97.3 cm³/mol. The molecule has 0 radical (unpaired) electrons. The van der Waals surface area contributed by atoms with Crippen LogP contribution in [0.2, 0.25) is 0 Å². The third kappa shape index (κ3) is 3.95. The molecular weight excluding hydrogens is 386 g/mol. The third-order valence-electron chi connectivity index (χ3n) is 5.59. The van der Waals surface area contributed by atoms with Crippen molar-refractivity contribution in [3.05, 3.63) is 29.7 Å². The highest BCUT2D eigenvalue weighted by molar-refractivity contribution is 5.79. The SMILES string of the molecule is CN1CCC(C(=O)N[C@@H]2COc3cc(-c4noc(C(F)F)n4)ccc32)CC1CO. The Labute approximate surface area is 165 Å². The zero-order valence-electron chi connectivity index (χ0n) is 15.8. The molecule has 4 rings (SSSR count).